The van der Waals surface area contributed by atoms with Gasteiger partial charge in [0.1, 0.15) is 46.0 Å². The molecule has 0 saturated carbocycles. The largest absolute Gasteiger partial charge is 0.458 e. The molecular formula is C31H18B2O4S2. The first kappa shape index (κ1) is 22.0. The molecule has 5 aromatic carbocycles. The molecule has 5 aromatic rings. The molecule has 8 heteroatoms. The molecule has 0 unspecified atom stereocenters. The van der Waals surface area contributed by atoms with Gasteiger partial charge in [0.25, 0.3) is 12.0 Å². The third-order valence-electron chi connectivity index (χ3n) is 7.71. The van der Waals surface area contributed by atoms with Crippen LogP contribution in [0.1, 0.15) is 5.56 Å². The van der Waals surface area contributed by atoms with Crippen LogP contribution in [0.3, 0.4) is 0 Å². The summed E-state index contributed by atoms with van der Waals surface area (Å²) in [6, 6.07) is 30.9. The van der Waals surface area contributed by atoms with Crippen molar-refractivity contribution >= 4 is 57.1 Å². The molecule has 4 aliphatic heterocycles. The Morgan fingerprint density at radius 1 is 0.487 bits per heavy atom. The highest BCUT2D eigenvalue weighted by Crippen LogP contribution is 2.47. The van der Waals surface area contributed by atoms with Crippen molar-refractivity contribution in [3.8, 4) is 46.0 Å². The summed E-state index contributed by atoms with van der Waals surface area (Å²) in [7, 11) is 0. The van der Waals surface area contributed by atoms with Gasteiger partial charge in [-0.1, -0.05) is 42.5 Å². The van der Waals surface area contributed by atoms with E-state index in [0.29, 0.717) is 0 Å². The van der Waals surface area contributed by atoms with Gasteiger partial charge in [0, 0.05) is 26.3 Å². The third kappa shape index (κ3) is 3.13. The van der Waals surface area contributed by atoms with E-state index < -0.39 is 0 Å². The number of rotatable bonds is 0. The van der Waals surface area contributed by atoms with E-state index in [0.717, 1.165) is 83.2 Å². The summed E-state index contributed by atoms with van der Waals surface area (Å²) in [5.41, 5.74) is 5.43. The van der Waals surface area contributed by atoms with E-state index in [4.69, 9.17) is 18.9 Å². The summed E-state index contributed by atoms with van der Waals surface area (Å²) in [5, 5.41) is 0. The fourth-order valence-electron chi connectivity index (χ4n) is 5.95. The fraction of sp³-hybridized carbons (Fsp3) is 0.0323. The predicted octanol–water partition coefficient (Wildman–Crippen LogP) is 6.21. The van der Waals surface area contributed by atoms with Crippen LogP contribution in [0.2, 0.25) is 0 Å². The van der Waals surface area contributed by atoms with Crippen LogP contribution in [-0.4, -0.2) is 12.0 Å². The Morgan fingerprint density at radius 2 is 0.897 bits per heavy atom. The second kappa shape index (κ2) is 8.07. The summed E-state index contributed by atoms with van der Waals surface area (Å²) in [5.74, 6) is 6.85. The molecule has 0 amide bonds. The summed E-state index contributed by atoms with van der Waals surface area (Å²) >= 11 is 3.63. The van der Waals surface area contributed by atoms with Crippen molar-refractivity contribution in [1.29, 1.82) is 0 Å². The molecule has 4 aliphatic rings. The van der Waals surface area contributed by atoms with Crippen LogP contribution in [0.25, 0.3) is 0 Å². The lowest BCUT2D eigenvalue weighted by atomic mass is 9.54. The molecule has 9 rings (SSSR count). The maximum absolute atomic E-state index is 6.65. The Bertz CT molecular complexity index is 1740. The summed E-state index contributed by atoms with van der Waals surface area (Å²) in [6.45, 7) is 2.11. The SMILES string of the molecule is Cc1c2c(cc3c1Oc1cccc4c1B3Sc1ccccc1O4)B1Sc3ccccc3Oc3cccc(c31)O2. The lowest BCUT2D eigenvalue weighted by molar-refractivity contribution is 0.447. The third-order valence-corrected chi connectivity index (χ3v) is 10.3. The second-order valence-corrected chi connectivity index (χ2v) is 12.3. The van der Waals surface area contributed by atoms with Gasteiger partial charge in [-0.25, -0.2) is 0 Å². The van der Waals surface area contributed by atoms with Crippen LogP contribution in [-0.2, 0) is 0 Å². The highest BCUT2D eigenvalue weighted by Gasteiger charge is 2.44. The molecule has 0 saturated heterocycles. The van der Waals surface area contributed by atoms with Gasteiger partial charge in [-0.05, 0) is 66.4 Å². The van der Waals surface area contributed by atoms with E-state index in [1.807, 2.05) is 83.9 Å². The Balaban J connectivity index is 1.28. The van der Waals surface area contributed by atoms with Gasteiger partial charge in [0.15, 0.2) is 0 Å². The normalized spacial score (nSPS) is 14.8. The van der Waals surface area contributed by atoms with Gasteiger partial charge < -0.3 is 18.9 Å². The van der Waals surface area contributed by atoms with Crippen LogP contribution < -0.4 is 40.8 Å². The van der Waals surface area contributed by atoms with Crippen LogP contribution in [0.4, 0.5) is 0 Å². The Labute approximate surface area is 234 Å². The minimum absolute atomic E-state index is 0.0172. The topological polar surface area (TPSA) is 36.9 Å². The first-order chi connectivity index (χ1) is 19.2. The van der Waals surface area contributed by atoms with E-state index in [-0.39, 0.29) is 12.0 Å². The summed E-state index contributed by atoms with van der Waals surface area (Å²) < 4.78 is 26.2. The van der Waals surface area contributed by atoms with E-state index >= 15 is 0 Å². The number of ether oxygens (including phenoxy) is 4. The Morgan fingerprint density at radius 3 is 1.38 bits per heavy atom. The van der Waals surface area contributed by atoms with Crippen LogP contribution in [0.15, 0.2) is 101 Å². The van der Waals surface area contributed by atoms with Gasteiger partial charge >= 0.3 is 0 Å². The van der Waals surface area contributed by atoms with E-state index in [1.165, 1.54) is 0 Å². The standard InChI is InChI=1S/C31H18B2O4S2/c1-17-30-18(32-28-22(10-6-12-24(28)36-30)34-20-8-2-4-14-26(20)38-32)16-19-31(17)37-25-13-7-11-23-29(25)33(19)39-27-15-5-3-9-21(27)35-23/h2-16H,1H3. The van der Waals surface area contributed by atoms with Crippen molar-refractivity contribution in [2.24, 2.45) is 0 Å². The molecule has 0 aliphatic carbocycles. The van der Waals surface area contributed by atoms with Gasteiger partial charge in [0.05, 0.1) is 0 Å². The molecule has 0 atom stereocenters. The summed E-state index contributed by atoms with van der Waals surface area (Å²) in [6.07, 6.45) is 0. The average Bonchev–Trinajstić information content (AvgIpc) is 3.24. The number of fused-ring (bicyclic) bond motifs is 6. The second-order valence-electron chi connectivity index (χ2n) is 9.97. The zero-order chi connectivity index (χ0) is 25.7. The monoisotopic (exact) mass is 540 g/mol. The highest BCUT2D eigenvalue weighted by atomic mass is 32.2. The average molecular weight is 540 g/mol. The zero-order valence-corrected chi connectivity index (χ0v) is 22.4. The van der Waals surface area contributed by atoms with Crippen molar-refractivity contribution in [3.63, 3.8) is 0 Å². The first-order valence-electron chi connectivity index (χ1n) is 12.9. The fourth-order valence-corrected chi connectivity index (χ4v) is 8.52. The number of benzene rings is 5. The minimum Gasteiger partial charge on any atom is -0.458 e. The molecule has 0 fully saturated rings. The highest BCUT2D eigenvalue weighted by molar-refractivity contribution is 8.28. The van der Waals surface area contributed by atoms with Crippen LogP contribution in [0.5, 0.6) is 46.0 Å². The maximum Gasteiger partial charge on any atom is 0.293 e. The Hall–Kier alpha value is -3.87. The molecule has 184 valence electrons. The van der Waals surface area contributed by atoms with E-state index in [9.17, 15) is 0 Å². The first-order valence-corrected chi connectivity index (χ1v) is 14.6. The van der Waals surface area contributed by atoms with Crippen molar-refractivity contribution in [1.82, 2.24) is 0 Å². The quantitative estimate of drug-likeness (QED) is 0.218. The summed E-state index contributed by atoms with van der Waals surface area (Å²) in [4.78, 5) is 2.23. The number of hydrogen-bond donors (Lipinski definition) is 0. The lowest BCUT2D eigenvalue weighted by Gasteiger charge is -2.32. The predicted molar refractivity (Wildman–Crippen MR) is 159 cm³/mol. The molecule has 0 bridgehead atoms. The van der Waals surface area contributed by atoms with E-state index in [2.05, 4.69) is 37.3 Å². The van der Waals surface area contributed by atoms with Crippen molar-refractivity contribution in [2.75, 3.05) is 0 Å². The van der Waals surface area contributed by atoms with Crippen LogP contribution >= 0.6 is 23.2 Å². The van der Waals surface area contributed by atoms with Gasteiger partial charge in [0.2, 0.25) is 0 Å². The van der Waals surface area contributed by atoms with Crippen molar-refractivity contribution < 1.29 is 18.9 Å². The molecule has 0 N–H and O–H groups in total. The Kier molecular flexibility index (Phi) is 4.55. The molecular weight excluding hydrogens is 522 g/mol. The number of para-hydroxylation sites is 2. The molecule has 0 spiro atoms. The number of hydrogen-bond acceptors (Lipinski definition) is 6. The van der Waals surface area contributed by atoms with Gasteiger partial charge in [-0.3, -0.25) is 0 Å². The molecule has 4 heterocycles. The van der Waals surface area contributed by atoms with Crippen molar-refractivity contribution in [2.45, 2.75) is 16.7 Å². The molecule has 4 nitrogen and oxygen atoms in total. The lowest BCUT2D eigenvalue weighted by Crippen LogP contribution is -2.50. The molecule has 39 heavy (non-hydrogen) atoms. The van der Waals surface area contributed by atoms with Gasteiger partial charge in [-0.2, -0.15) is 23.2 Å². The molecule has 0 aromatic heterocycles. The minimum atomic E-state index is 0.0172. The zero-order valence-electron chi connectivity index (χ0n) is 20.8. The maximum atomic E-state index is 6.65. The van der Waals surface area contributed by atoms with Crippen LogP contribution in [0, 0.1) is 6.92 Å². The molecule has 0 radical (unpaired) electrons. The smallest absolute Gasteiger partial charge is 0.293 e. The van der Waals surface area contributed by atoms with Crippen molar-refractivity contribution in [3.05, 3.63) is 96.6 Å². The van der Waals surface area contributed by atoms with E-state index in [1.54, 1.807) is 0 Å². The van der Waals surface area contributed by atoms with Gasteiger partial charge in [-0.15, -0.1) is 0 Å².